The minimum Gasteiger partial charge on any atom is -0.390 e. The number of hydrogen-bond acceptors (Lipinski definition) is 4. The largest absolute Gasteiger partial charge is 0.390 e. The number of likely N-dealkylation sites (tertiary alicyclic amines) is 1. The van der Waals surface area contributed by atoms with Crippen LogP contribution in [0.4, 0.5) is 32.0 Å². The molecule has 3 heterocycles. The molecule has 1 saturated heterocycles. The minimum absolute atomic E-state index is 0.0705. The number of aromatic nitrogens is 1. The number of H-pyrrole nitrogens is 1. The molecule has 0 bridgehead atoms. The number of fused-ring (bicyclic) bond motifs is 3. The van der Waals surface area contributed by atoms with Crippen LogP contribution in [0.15, 0.2) is 30.3 Å². The van der Waals surface area contributed by atoms with E-state index in [1.807, 2.05) is 0 Å². The molecule has 39 heavy (non-hydrogen) atoms. The molecule has 2 aliphatic heterocycles. The van der Waals surface area contributed by atoms with Crippen LogP contribution in [-0.4, -0.2) is 77.4 Å². The average molecular weight is 555 g/mol. The first-order valence-electron chi connectivity index (χ1n) is 13.2. The quantitative estimate of drug-likeness (QED) is 0.311. The van der Waals surface area contributed by atoms with Gasteiger partial charge in [-0.1, -0.05) is 0 Å². The Morgan fingerprint density at radius 1 is 1.13 bits per heavy atom. The summed E-state index contributed by atoms with van der Waals surface area (Å²) in [6.45, 7) is 0.927. The number of aliphatic hydroxyl groups is 1. The third-order valence-corrected chi connectivity index (χ3v) is 7.82. The predicted octanol–water partition coefficient (Wildman–Crippen LogP) is 5.39. The van der Waals surface area contributed by atoms with Crippen LogP contribution >= 0.6 is 0 Å². The first kappa shape index (κ1) is 27.8. The van der Waals surface area contributed by atoms with Crippen molar-refractivity contribution in [1.82, 2.24) is 14.8 Å². The van der Waals surface area contributed by atoms with Gasteiger partial charge in [-0.15, -0.1) is 0 Å². The molecule has 0 radical (unpaired) electrons. The van der Waals surface area contributed by atoms with Gasteiger partial charge in [0, 0.05) is 59.6 Å². The number of rotatable bonds is 9. The maximum absolute atomic E-state index is 15.8. The molecule has 1 aromatic heterocycles. The first-order chi connectivity index (χ1) is 18.6. The van der Waals surface area contributed by atoms with Crippen LogP contribution in [0.25, 0.3) is 10.9 Å². The van der Waals surface area contributed by atoms with Crippen molar-refractivity contribution in [3.8, 4) is 0 Å². The van der Waals surface area contributed by atoms with Crippen LogP contribution in [0.2, 0.25) is 0 Å². The van der Waals surface area contributed by atoms with Crippen LogP contribution in [0, 0.1) is 17.5 Å². The Bertz CT molecular complexity index is 1310. The third-order valence-electron chi connectivity index (χ3n) is 7.82. The van der Waals surface area contributed by atoms with Crippen molar-refractivity contribution in [3.63, 3.8) is 0 Å². The van der Waals surface area contributed by atoms with Crippen LogP contribution in [0.5, 0.6) is 0 Å². The topological polar surface area (TPSA) is 54.5 Å². The molecule has 3 atom stereocenters. The molecule has 2 aliphatic rings. The van der Waals surface area contributed by atoms with Gasteiger partial charge >= 0.3 is 0 Å². The molecule has 212 valence electrons. The molecule has 0 aliphatic carbocycles. The second-order valence-corrected chi connectivity index (χ2v) is 10.7. The normalized spacial score (nSPS) is 22.5. The molecule has 3 N–H and O–H groups in total. The van der Waals surface area contributed by atoms with E-state index in [9.17, 15) is 22.7 Å². The van der Waals surface area contributed by atoms with E-state index < -0.39 is 60.8 Å². The smallest absolute Gasteiger partial charge is 0.283 e. The Morgan fingerprint density at radius 3 is 2.56 bits per heavy atom. The zero-order valence-corrected chi connectivity index (χ0v) is 21.6. The number of hydrogen-bond donors (Lipinski definition) is 3. The first-order valence-corrected chi connectivity index (χ1v) is 13.2. The molecule has 0 unspecified atom stereocenters. The number of benzene rings is 2. The second kappa shape index (κ2) is 11.0. The van der Waals surface area contributed by atoms with E-state index in [0.29, 0.717) is 48.1 Å². The van der Waals surface area contributed by atoms with Gasteiger partial charge in [-0.25, -0.2) is 22.0 Å². The van der Waals surface area contributed by atoms with E-state index in [0.717, 1.165) is 25.1 Å². The fourth-order valence-corrected chi connectivity index (χ4v) is 6.01. The van der Waals surface area contributed by atoms with Gasteiger partial charge in [-0.05, 0) is 62.1 Å². The summed E-state index contributed by atoms with van der Waals surface area (Å²) < 4.78 is 86.9. The Kier molecular flexibility index (Phi) is 7.85. The molecule has 5 nitrogen and oxygen atoms in total. The maximum atomic E-state index is 15.8. The minimum atomic E-state index is -3.51. The van der Waals surface area contributed by atoms with Crippen LogP contribution in [0.3, 0.4) is 0 Å². The Balaban J connectivity index is 1.52. The van der Waals surface area contributed by atoms with Crippen LogP contribution < -0.4 is 5.32 Å². The highest BCUT2D eigenvalue weighted by Gasteiger charge is 2.43. The zero-order valence-electron chi connectivity index (χ0n) is 21.6. The van der Waals surface area contributed by atoms with Crippen molar-refractivity contribution >= 4 is 16.6 Å². The Hall–Kier alpha value is -2.76. The summed E-state index contributed by atoms with van der Waals surface area (Å²) in [5, 5.41) is 13.1. The number of anilines is 1. The monoisotopic (exact) mass is 554 g/mol. The van der Waals surface area contributed by atoms with E-state index >= 15 is 8.78 Å². The molecule has 0 spiro atoms. The number of alkyl halides is 3. The molecule has 0 amide bonds. The Morgan fingerprint density at radius 2 is 1.87 bits per heavy atom. The van der Waals surface area contributed by atoms with Gasteiger partial charge in [-0.3, -0.25) is 9.29 Å². The van der Waals surface area contributed by atoms with Gasteiger partial charge in [0.2, 0.25) is 0 Å². The van der Waals surface area contributed by atoms with Gasteiger partial charge in [0.25, 0.3) is 5.92 Å². The number of aliphatic hydroxyl groups excluding tert-OH is 1. The number of halogens is 6. The molecule has 0 saturated carbocycles. The molecule has 1 fully saturated rings. The highest BCUT2D eigenvalue weighted by Crippen LogP contribution is 2.44. The second-order valence-electron chi connectivity index (χ2n) is 10.7. The van der Waals surface area contributed by atoms with E-state index in [4.69, 9.17) is 0 Å². The lowest BCUT2D eigenvalue weighted by atomic mass is 9.87. The van der Waals surface area contributed by atoms with Crippen molar-refractivity contribution < 1.29 is 31.4 Å². The fourth-order valence-electron chi connectivity index (χ4n) is 6.01. The van der Waals surface area contributed by atoms with Crippen LogP contribution in [-0.2, 0) is 6.42 Å². The summed E-state index contributed by atoms with van der Waals surface area (Å²) >= 11 is 0. The summed E-state index contributed by atoms with van der Waals surface area (Å²) in [6.07, 6.45) is 1.46. The fraction of sp³-hybridized carbons (Fsp3) is 0.500. The molecular weight excluding hydrogens is 522 g/mol. The van der Waals surface area contributed by atoms with Gasteiger partial charge in [-0.2, -0.15) is 0 Å². The average Bonchev–Trinajstić information content (AvgIpc) is 3.47. The van der Waals surface area contributed by atoms with E-state index in [-0.39, 0.29) is 11.7 Å². The SMILES string of the molecule is C[C@@H]1Cc2c([nH]c3cc(F)ccc23)[C@@H](c2c(F)cc(N[C@H]3CCN(CCCF)C3)cc2F)N1CC(F)(F)CO. The van der Waals surface area contributed by atoms with Gasteiger partial charge in [0.05, 0.1) is 19.3 Å². The summed E-state index contributed by atoms with van der Waals surface area (Å²) in [7, 11) is 0. The number of nitrogens with one attached hydrogen (secondary N) is 2. The van der Waals surface area contributed by atoms with Crippen LogP contribution in [0.1, 0.15) is 42.6 Å². The maximum Gasteiger partial charge on any atom is 0.283 e. The standard InChI is InChI=1S/C28H32F6N4O/c1-16-9-21-20-4-3-17(30)10-24(20)36-26(21)27(38(16)14-28(33,34)15-39)25-22(31)11-19(12-23(25)32)35-18-5-8-37(13-18)7-2-6-29/h3-4,10-12,16,18,27,35-36,39H,2,5-9,13-15H2,1H3/t16-,18+,27-/m1/s1. The van der Waals surface area contributed by atoms with E-state index in [1.54, 1.807) is 13.0 Å². The van der Waals surface area contributed by atoms with E-state index in [1.165, 1.54) is 17.0 Å². The lowest BCUT2D eigenvalue weighted by Crippen LogP contribution is -2.49. The number of nitrogens with zero attached hydrogens (tertiary/aromatic N) is 2. The predicted molar refractivity (Wildman–Crippen MR) is 137 cm³/mol. The van der Waals surface area contributed by atoms with Gasteiger partial charge < -0.3 is 20.3 Å². The molecule has 11 heteroatoms. The van der Waals surface area contributed by atoms with Crippen molar-refractivity contribution in [2.75, 3.05) is 44.8 Å². The number of aromatic amines is 1. The zero-order chi connectivity index (χ0) is 27.9. The van der Waals surface area contributed by atoms with Crippen molar-refractivity contribution in [2.45, 2.75) is 50.2 Å². The summed E-state index contributed by atoms with van der Waals surface area (Å²) in [5.41, 5.74) is 1.24. The highest BCUT2D eigenvalue weighted by atomic mass is 19.3. The van der Waals surface area contributed by atoms with Crippen molar-refractivity contribution in [1.29, 1.82) is 0 Å². The summed E-state index contributed by atoms with van der Waals surface area (Å²) in [6, 6.07) is 4.55. The van der Waals surface area contributed by atoms with Crippen molar-refractivity contribution in [3.05, 3.63) is 64.6 Å². The molecule has 2 aromatic carbocycles. The molecule has 5 rings (SSSR count). The lowest BCUT2D eigenvalue weighted by Gasteiger charge is -2.42. The lowest BCUT2D eigenvalue weighted by molar-refractivity contribution is -0.0869. The van der Waals surface area contributed by atoms with Crippen molar-refractivity contribution in [2.24, 2.45) is 0 Å². The summed E-state index contributed by atoms with van der Waals surface area (Å²) in [4.78, 5) is 6.41. The van der Waals surface area contributed by atoms with E-state index in [2.05, 4.69) is 15.2 Å². The molecular formula is C28H32F6N4O. The van der Waals surface area contributed by atoms with Gasteiger partial charge in [0.15, 0.2) is 0 Å². The van der Waals surface area contributed by atoms with Gasteiger partial charge in [0.1, 0.15) is 24.1 Å². The molecule has 3 aromatic rings. The third kappa shape index (κ3) is 5.62. The highest BCUT2D eigenvalue weighted by molar-refractivity contribution is 5.85. The summed E-state index contributed by atoms with van der Waals surface area (Å²) in [5.74, 6) is -5.82. The Labute approximate surface area is 222 Å².